The second kappa shape index (κ2) is 3.55. The topological polar surface area (TPSA) is 32.3 Å². The van der Waals surface area contributed by atoms with Crippen molar-refractivity contribution in [1.29, 1.82) is 0 Å². The molecule has 1 aliphatic carbocycles. The lowest BCUT2D eigenvalue weighted by atomic mass is 10.1. The van der Waals surface area contributed by atoms with Crippen LogP contribution in [0.2, 0.25) is 0 Å². The van der Waals surface area contributed by atoms with Crippen LogP contribution in [0.15, 0.2) is 0 Å². The molecule has 1 fully saturated rings. The van der Waals surface area contributed by atoms with Crippen LogP contribution < -0.4 is 5.32 Å². The lowest BCUT2D eigenvalue weighted by Crippen LogP contribution is -2.41. The third kappa shape index (κ3) is 2.17. The molecule has 66 valence electrons. The van der Waals surface area contributed by atoms with Crippen molar-refractivity contribution < 1.29 is 5.11 Å². The van der Waals surface area contributed by atoms with Gasteiger partial charge in [0.2, 0.25) is 0 Å². The molecule has 0 aromatic heterocycles. The van der Waals surface area contributed by atoms with Crippen molar-refractivity contribution in [2.45, 2.75) is 51.8 Å². The van der Waals surface area contributed by atoms with Crippen molar-refractivity contribution >= 4 is 0 Å². The summed E-state index contributed by atoms with van der Waals surface area (Å²) in [7, 11) is 0. The number of hydrogen-bond donors (Lipinski definition) is 2. The summed E-state index contributed by atoms with van der Waals surface area (Å²) >= 11 is 0. The van der Waals surface area contributed by atoms with Crippen molar-refractivity contribution in [3.05, 3.63) is 0 Å². The molecule has 0 radical (unpaired) electrons. The maximum atomic E-state index is 9.64. The van der Waals surface area contributed by atoms with Crippen LogP contribution >= 0.6 is 0 Å². The van der Waals surface area contributed by atoms with Crippen LogP contribution in [0.3, 0.4) is 0 Å². The maximum Gasteiger partial charge on any atom is 0.0718 e. The Bertz CT molecular complexity index is 125. The molecule has 3 atom stereocenters. The molecule has 1 saturated carbocycles. The van der Waals surface area contributed by atoms with Gasteiger partial charge >= 0.3 is 0 Å². The molecule has 2 nitrogen and oxygen atoms in total. The molecule has 0 aromatic rings. The predicted molar refractivity (Wildman–Crippen MR) is 46.5 cm³/mol. The standard InChI is InChI=1S/C9H19NO/c1-6(2)10-8-5-4-7(3)9(8)11/h6-11H,4-5H2,1-3H3/t7-,8-,9+/m1/s1. The molecule has 2 N–H and O–H groups in total. The van der Waals surface area contributed by atoms with Crippen LogP contribution in [0.25, 0.3) is 0 Å². The third-order valence-corrected chi connectivity index (χ3v) is 2.48. The fourth-order valence-corrected chi connectivity index (χ4v) is 1.79. The maximum absolute atomic E-state index is 9.64. The lowest BCUT2D eigenvalue weighted by Gasteiger charge is -2.20. The Labute approximate surface area is 69.0 Å². The second-order valence-corrected chi connectivity index (χ2v) is 3.97. The smallest absolute Gasteiger partial charge is 0.0718 e. The normalized spacial score (nSPS) is 38.5. The summed E-state index contributed by atoms with van der Waals surface area (Å²) in [6.07, 6.45) is 2.16. The number of aliphatic hydroxyl groups excluding tert-OH is 1. The van der Waals surface area contributed by atoms with E-state index in [9.17, 15) is 5.11 Å². The highest BCUT2D eigenvalue weighted by molar-refractivity contribution is 4.87. The van der Waals surface area contributed by atoms with E-state index in [0.717, 1.165) is 12.8 Å². The van der Waals surface area contributed by atoms with Crippen LogP contribution in [-0.4, -0.2) is 23.3 Å². The van der Waals surface area contributed by atoms with E-state index >= 15 is 0 Å². The van der Waals surface area contributed by atoms with E-state index in [-0.39, 0.29) is 6.10 Å². The molecule has 0 aliphatic heterocycles. The van der Waals surface area contributed by atoms with Crippen LogP contribution in [0.4, 0.5) is 0 Å². The van der Waals surface area contributed by atoms with Gasteiger partial charge in [0.05, 0.1) is 6.10 Å². The van der Waals surface area contributed by atoms with E-state index in [4.69, 9.17) is 0 Å². The highest BCUT2D eigenvalue weighted by Crippen LogP contribution is 2.25. The average molecular weight is 157 g/mol. The highest BCUT2D eigenvalue weighted by Gasteiger charge is 2.31. The Morgan fingerprint density at radius 3 is 2.36 bits per heavy atom. The first kappa shape index (κ1) is 9.01. The molecular formula is C9H19NO. The minimum Gasteiger partial charge on any atom is -0.391 e. The number of nitrogens with one attached hydrogen (secondary N) is 1. The summed E-state index contributed by atoms with van der Waals surface area (Å²) in [4.78, 5) is 0. The van der Waals surface area contributed by atoms with Crippen molar-refractivity contribution in [3.63, 3.8) is 0 Å². The Morgan fingerprint density at radius 1 is 1.36 bits per heavy atom. The largest absolute Gasteiger partial charge is 0.391 e. The van der Waals surface area contributed by atoms with Crippen LogP contribution in [0.5, 0.6) is 0 Å². The summed E-state index contributed by atoms with van der Waals surface area (Å²) in [5.74, 6) is 0.478. The van der Waals surface area contributed by atoms with E-state index in [1.54, 1.807) is 0 Å². The first-order chi connectivity index (χ1) is 5.11. The van der Waals surface area contributed by atoms with Crippen LogP contribution in [0, 0.1) is 5.92 Å². The van der Waals surface area contributed by atoms with Gasteiger partial charge in [-0.2, -0.15) is 0 Å². The Kier molecular flexibility index (Phi) is 2.90. The van der Waals surface area contributed by atoms with Gasteiger partial charge in [0.15, 0.2) is 0 Å². The number of rotatable bonds is 2. The van der Waals surface area contributed by atoms with Gasteiger partial charge in [-0.15, -0.1) is 0 Å². The van der Waals surface area contributed by atoms with E-state index in [1.165, 1.54) is 0 Å². The van der Waals surface area contributed by atoms with E-state index in [0.29, 0.717) is 18.0 Å². The van der Waals surface area contributed by atoms with Crippen LogP contribution in [-0.2, 0) is 0 Å². The zero-order chi connectivity index (χ0) is 8.43. The number of hydrogen-bond acceptors (Lipinski definition) is 2. The van der Waals surface area contributed by atoms with Crippen LogP contribution in [0.1, 0.15) is 33.6 Å². The van der Waals surface area contributed by atoms with E-state index in [2.05, 4.69) is 26.1 Å². The van der Waals surface area contributed by atoms with Gasteiger partial charge in [-0.25, -0.2) is 0 Å². The Hall–Kier alpha value is -0.0800. The molecule has 1 aliphatic rings. The minimum absolute atomic E-state index is 0.127. The first-order valence-corrected chi connectivity index (χ1v) is 4.55. The summed E-state index contributed by atoms with van der Waals surface area (Å²) in [5, 5.41) is 13.0. The molecule has 0 aromatic carbocycles. The third-order valence-electron chi connectivity index (χ3n) is 2.48. The molecule has 2 heteroatoms. The van der Waals surface area contributed by atoms with Gasteiger partial charge in [0, 0.05) is 12.1 Å². The average Bonchev–Trinajstić information content (AvgIpc) is 2.18. The first-order valence-electron chi connectivity index (χ1n) is 4.55. The molecule has 0 unspecified atom stereocenters. The fourth-order valence-electron chi connectivity index (χ4n) is 1.79. The molecule has 0 heterocycles. The van der Waals surface area contributed by atoms with Crippen molar-refractivity contribution in [3.8, 4) is 0 Å². The SMILES string of the molecule is CC(C)N[C@@H]1CC[C@@H](C)[C@@H]1O. The Morgan fingerprint density at radius 2 is 2.00 bits per heavy atom. The molecule has 11 heavy (non-hydrogen) atoms. The summed E-state index contributed by atoms with van der Waals surface area (Å²) in [6, 6.07) is 0.824. The zero-order valence-electron chi connectivity index (χ0n) is 7.67. The molecule has 0 amide bonds. The van der Waals surface area contributed by atoms with Gasteiger partial charge in [0.1, 0.15) is 0 Å². The Balaban J connectivity index is 2.36. The monoisotopic (exact) mass is 157 g/mol. The molecule has 0 bridgehead atoms. The zero-order valence-corrected chi connectivity index (χ0v) is 7.67. The van der Waals surface area contributed by atoms with E-state index in [1.807, 2.05) is 0 Å². The van der Waals surface area contributed by atoms with Gasteiger partial charge in [-0.05, 0) is 18.8 Å². The van der Waals surface area contributed by atoms with Gasteiger partial charge in [-0.3, -0.25) is 0 Å². The van der Waals surface area contributed by atoms with E-state index < -0.39 is 0 Å². The fraction of sp³-hybridized carbons (Fsp3) is 1.00. The molecule has 0 saturated heterocycles. The quantitative estimate of drug-likeness (QED) is 0.630. The predicted octanol–water partition coefficient (Wildman–Crippen LogP) is 1.14. The molecule has 0 spiro atoms. The second-order valence-electron chi connectivity index (χ2n) is 3.97. The summed E-state index contributed by atoms with van der Waals surface area (Å²) in [6.45, 7) is 6.36. The van der Waals surface area contributed by atoms with Gasteiger partial charge < -0.3 is 10.4 Å². The van der Waals surface area contributed by atoms with Gasteiger partial charge in [0.25, 0.3) is 0 Å². The summed E-state index contributed by atoms with van der Waals surface area (Å²) in [5.41, 5.74) is 0. The lowest BCUT2D eigenvalue weighted by molar-refractivity contribution is 0.110. The highest BCUT2D eigenvalue weighted by atomic mass is 16.3. The summed E-state index contributed by atoms with van der Waals surface area (Å²) < 4.78 is 0. The number of aliphatic hydroxyl groups is 1. The molecule has 1 rings (SSSR count). The van der Waals surface area contributed by atoms with Gasteiger partial charge in [-0.1, -0.05) is 20.8 Å². The van der Waals surface area contributed by atoms with Crippen molar-refractivity contribution in [2.24, 2.45) is 5.92 Å². The van der Waals surface area contributed by atoms with Crippen molar-refractivity contribution in [2.75, 3.05) is 0 Å². The van der Waals surface area contributed by atoms with Crippen molar-refractivity contribution in [1.82, 2.24) is 5.32 Å². The molecular weight excluding hydrogens is 138 g/mol. The minimum atomic E-state index is -0.127.